The summed E-state index contributed by atoms with van der Waals surface area (Å²) in [5.74, 6) is 0.668. The van der Waals surface area contributed by atoms with Gasteiger partial charge in [0.1, 0.15) is 5.75 Å². The summed E-state index contributed by atoms with van der Waals surface area (Å²) in [7, 11) is 1.59. The number of halogens is 1. The highest BCUT2D eigenvalue weighted by Crippen LogP contribution is 2.38. The van der Waals surface area contributed by atoms with E-state index in [1.54, 1.807) is 25.3 Å². The van der Waals surface area contributed by atoms with Crippen molar-refractivity contribution in [2.75, 3.05) is 7.11 Å². The van der Waals surface area contributed by atoms with Crippen LogP contribution in [0, 0.1) is 5.41 Å². The fourth-order valence-electron chi connectivity index (χ4n) is 1.39. The van der Waals surface area contributed by atoms with Crippen LogP contribution in [0.5, 0.6) is 5.75 Å². The molecule has 0 amide bonds. The number of hydrogen-bond acceptors (Lipinski definition) is 2. The van der Waals surface area contributed by atoms with Crippen LogP contribution in [-0.2, 0) is 0 Å². The molecule has 15 heavy (non-hydrogen) atoms. The number of hydrogen-bond donors (Lipinski definition) is 1. The molecule has 0 radical (unpaired) electrons. The quantitative estimate of drug-likeness (QED) is 0.841. The Morgan fingerprint density at radius 1 is 1.33 bits per heavy atom. The highest BCUT2D eigenvalue weighted by atomic mass is 35.5. The van der Waals surface area contributed by atoms with E-state index in [4.69, 9.17) is 16.3 Å². The average Bonchev–Trinajstić information content (AvgIpc) is 2.15. The van der Waals surface area contributed by atoms with Crippen molar-refractivity contribution in [2.45, 2.75) is 26.9 Å². The zero-order valence-electron chi connectivity index (χ0n) is 9.54. The molecule has 2 nitrogen and oxygen atoms in total. The van der Waals surface area contributed by atoms with Crippen LogP contribution in [0.1, 0.15) is 32.4 Å². The van der Waals surface area contributed by atoms with Gasteiger partial charge in [-0.1, -0.05) is 32.4 Å². The van der Waals surface area contributed by atoms with Gasteiger partial charge in [0.15, 0.2) is 0 Å². The summed E-state index contributed by atoms with van der Waals surface area (Å²) in [6.45, 7) is 5.91. The number of rotatable bonds is 2. The zero-order chi connectivity index (χ0) is 11.6. The molecule has 0 saturated heterocycles. The molecule has 0 aromatic heterocycles. The molecular formula is C12H17ClO2. The third kappa shape index (κ3) is 2.86. The minimum atomic E-state index is -0.592. The molecule has 0 aliphatic carbocycles. The molecule has 0 aliphatic heterocycles. The standard InChI is InChI=1S/C12H17ClO2/c1-12(2,3)11(14)9-7-8(13)5-6-10(9)15-4/h5-7,11,14H,1-4H3. The maximum atomic E-state index is 10.2. The van der Waals surface area contributed by atoms with Gasteiger partial charge in [0, 0.05) is 10.6 Å². The highest BCUT2D eigenvalue weighted by molar-refractivity contribution is 6.30. The second-order valence-corrected chi connectivity index (χ2v) is 5.09. The van der Waals surface area contributed by atoms with Crippen molar-refractivity contribution in [3.05, 3.63) is 28.8 Å². The van der Waals surface area contributed by atoms with Crippen LogP contribution in [0.4, 0.5) is 0 Å². The smallest absolute Gasteiger partial charge is 0.124 e. The van der Waals surface area contributed by atoms with E-state index in [1.165, 1.54) is 0 Å². The first-order chi connectivity index (χ1) is 6.86. The average molecular weight is 229 g/mol. The van der Waals surface area contributed by atoms with Crippen molar-refractivity contribution in [3.63, 3.8) is 0 Å². The monoisotopic (exact) mass is 228 g/mol. The fourth-order valence-corrected chi connectivity index (χ4v) is 1.57. The predicted molar refractivity (Wildman–Crippen MR) is 62.4 cm³/mol. The van der Waals surface area contributed by atoms with Gasteiger partial charge < -0.3 is 9.84 Å². The third-order valence-electron chi connectivity index (χ3n) is 2.31. The SMILES string of the molecule is COc1ccc(Cl)cc1C(O)C(C)(C)C. The molecule has 1 N–H and O–H groups in total. The Morgan fingerprint density at radius 3 is 2.40 bits per heavy atom. The largest absolute Gasteiger partial charge is 0.496 e. The Kier molecular flexibility index (Phi) is 3.63. The first-order valence-corrected chi connectivity index (χ1v) is 5.25. The Labute approximate surface area is 95.8 Å². The van der Waals surface area contributed by atoms with E-state index in [0.29, 0.717) is 10.8 Å². The summed E-state index contributed by atoms with van der Waals surface area (Å²) >= 11 is 5.90. The van der Waals surface area contributed by atoms with Gasteiger partial charge in [-0.3, -0.25) is 0 Å². The van der Waals surface area contributed by atoms with Gasteiger partial charge >= 0.3 is 0 Å². The summed E-state index contributed by atoms with van der Waals surface area (Å²) in [4.78, 5) is 0. The van der Waals surface area contributed by atoms with Crippen LogP contribution in [-0.4, -0.2) is 12.2 Å². The summed E-state index contributed by atoms with van der Waals surface area (Å²) in [5.41, 5.74) is 0.496. The molecule has 1 atom stereocenters. The molecule has 0 fully saturated rings. The van der Waals surface area contributed by atoms with Gasteiger partial charge in [-0.05, 0) is 23.6 Å². The molecule has 0 aliphatic rings. The van der Waals surface area contributed by atoms with E-state index in [0.717, 1.165) is 5.56 Å². The number of aliphatic hydroxyl groups is 1. The first kappa shape index (κ1) is 12.3. The third-order valence-corrected chi connectivity index (χ3v) is 2.54. The van der Waals surface area contributed by atoms with E-state index >= 15 is 0 Å². The van der Waals surface area contributed by atoms with E-state index in [-0.39, 0.29) is 5.41 Å². The molecule has 1 aromatic carbocycles. The lowest BCUT2D eigenvalue weighted by atomic mass is 9.84. The Morgan fingerprint density at radius 2 is 1.93 bits per heavy atom. The van der Waals surface area contributed by atoms with E-state index in [1.807, 2.05) is 20.8 Å². The number of benzene rings is 1. The minimum Gasteiger partial charge on any atom is -0.496 e. The van der Waals surface area contributed by atoms with E-state index < -0.39 is 6.10 Å². The second-order valence-electron chi connectivity index (χ2n) is 4.65. The lowest BCUT2D eigenvalue weighted by Crippen LogP contribution is -2.18. The van der Waals surface area contributed by atoms with Gasteiger partial charge in [0.2, 0.25) is 0 Å². The lowest BCUT2D eigenvalue weighted by molar-refractivity contribution is 0.0604. The van der Waals surface area contributed by atoms with Crippen molar-refractivity contribution in [1.29, 1.82) is 0 Å². The normalized spacial score (nSPS) is 13.7. The molecular weight excluding hydrogens is 212 g/mol. The molecule has 0 saturated carbocycles. The van der Waals surface area contributed by atoms with Crippen molar-refractivity contribution < 1.29 is 9.84 Å². The van der Waals surface area contributed by atoms with Gasteiger partial charge in [-0.15, -0.1) is 0 Å². The molecule has 1 aromatic rings. The molecule has 0 heterocycles. The highest BCUT2D eigenvalue weighted by Gasteiger charge is 2.26. The lowest BCUT2D eigenvalue weighted by Gasteiger charge is -2.27. The maximum Gasteiger partial charge on any atom is 0.124 e. The summed E-state index contributed by atoms with van der Waals surface area (Å²) < 4.78 is 5.20. The van der Waals surface area contributed by atoms with Gasteiger partial charge in [0.25, 0.3) is 0 Å². The van der Waals surface area contributed by atoms with Gasteiger partial charge in [-0.25, -0.2) is 0 Å². The molecule has 1 rings (SSSR count). The Hall–Kier alpha value is -0.730. The maximum absolute atomic E-state index is 10.2. The van der Waals surface area contributed by atoms with Crippen molar-refractivity contribution >= 4 is 11.6 Å². The van der Waals surface area contributed by atoms with Crippen molar-refractivity contribution in [3.8, 4) is 5.75 Å². The predicted octanol–water partition coefficient (Wildman–Crippen LogP) is 3.43. The first-order valence-electron chi connectivity index (χ1n) is 4.87. The van der Waals surface area contributed by atoms with Crippen LogP contribution in [0.25, 0.3) is 0 Å². The minimum absolute atomic E-state index is 0.238. The van der Waals surface area contributed by atoms with Crippen LogP contribution in [0.15, 0.2) is 18.2 Å². The fraction of sp³-hybridized carbons (Fsp3) is 0.500. The number of ether oxygens (including phenoxy) is 1. The molecule has 84 valence electrons. The summed E-state index contributed by atoms with van der Waals surface area (Å²) in [6, 6.07) is 5.27. The molecule has 3 heteroatoms. The van der Waals surface area contributed by atoms with E-state index in [9.17, 15) is 5.11 Å². The Balaban J connectivity index is 3.17. The number of methoxy groups -OCH3 is 1. The van der Waals surface area contributed by atoms with Crippen LogP contribution >= 0.6 is 11.6 Å². The topological polar surface area (TPSA) is 29.5 Å². The van der Waals surface area contributed by atoms with Crippen LogP contribution < -0.4 is 4.74 Å². The molecule has 1 unspecified atom stereocenters. The van der Waals surface area contributed by atoms with Crippen molar-refractivity contribution in [1.82, 2.24) is 0 Å². The number of aliphatic hydroxyl groups excluding tert-OH is 1. The zero-order valence-corrected chi connectivity index (χ0v) is 10.3. The second kappa shape index (κ2) is 4.42. The van der Waals surface area contributed by atoms with Gasteiger partial charge in [0.05, 0.1) is 13.2 Å². The molecule has 0 spiro atoms. The molecule has 0 bridgehead atoms. The summed E-state index contributed by atoms with van der Waals surface area (Å²) in [5, 5.41) is 10.8. The van der Waals surface area contributed by atoms with Crippen molar-refractivity contribution in [2.24, 2.45) is 5.41 Å². The Bertz CT molecular complexity index is 342. The van der Waals surface area contributed by atoms with E-state index in [2.05, 4.69) is 0 Å². The van der Waals surface area contributed by atoms with Crippen LogP contribution in [0.2, 0.25) is 5.02 Å². The summed E-state index contributed by atoms with van der Waals surface area (Å²) in [6.07, 6.45) is -0.592. The van der Waals surface area contributed by atoms with Gasteiger partial charge in [-0.2, -0.15) is 0 Å². The van der Waals surface area contributed by atoms with Crippen LogP contribution in [0.3, 0.4) is 0 Å².